The van der Waals surface area contributed by atoms with Crippen LogP contribution in [0.2, 0.25) is 0 Å². The highest BCUT2D eigenvalue weighted by Gasteiger charge is 2.30. The molecular formula is C20H31N3O3S. The number of piperazine rings is 1. The number of aryl methyl sites for hydroxylation is 2. The van der Waals surface area contributed by atoms with Crippen LogP contribution in [0.25, 0.3) is 0 Å². The second-order valence-corrected chi connectivity index (χ2v) is 10.0. The van der Waals surface area contributed by atoms with Gasteiger partial charge in [0, 0.05) is 32.2 Å². The summed E-state index contributed by atoms with van der Waals surface area (Å²) >= 11 is 0. The highest BCUT2D eigenvalue weighted by atomic mass is 32.2. The van der Waals surface area contributed by atoms with Gasteiger partial charge in [0.1, 0.15) is 0 Å². The molecule has 7 heteroatoms. The number of hydrogen-bond donors (Lipinski definition) is 1. The number of carbonyl (C=O) groups excluding carboxylic acids is 1. The van der Waals surface area contributed by atoms with Crippen molar-refractivity contribution in [3.05, 3.63) is 29.3 Å². The van der Waals surface area contributed by atoms with Gasteiger partial charge in [0.15, 0.2) is 0 Å². The maximum absolute atomic E-state index is 13.0. The van der Waals surface area contributed by atoms with Crippen LogP contribution in [0.5, 0.6) is 0 Å². The van der Waals surface area contributed by atoms with Gasteiger partial charge in [0.25, 0.3) is 0 Å². The van der Waals surface area contributed by atoms with Crippen LogP contribution in [0.1, 0.15) is 38.3 Å². The Labute approximate surface area is 163 Å². The molecule has 1 unspecified atom stereocenters. The summed E-state index contributed by atoms with van der Waals surface area (Å²) in [5.41, 5.74) is 2.45. The van der Waals surface area contributed by atoms with Gasteiger partial charge < -0.3 is 5.32 Å². The molecule has 0 saturated carbocycles. The Morgan fingerprint density at radius 1 is 1.07 bits per heavy atom. The van der Waals surface area contributed by atoms with Crippen LogP contribution in [0, 0.1) is 5.92 Å². The van der Waals surface area contributed by atoms with Crippen molar-refractivity contribution < 1.29 is 13.2 Å². The summed E-state index contributed by atoms with van der Waals surface area (Å²) in [7, 11) is -3.46. The molecule has 0 spiro atoms. The average Bonchev–Trinajstić information content (AvgIpc) is 3.09. The predicted molar refractivity (Wildman–Crippen MR) is 106 cm³/mol. The molecule has 27 heavy (non-hydrogen) atoms. The van der Waals surface area contributed by atoms with Crippen molar-refractivity contribution in [1.29, 1.82) is 0 Å². The van der Waals surface area contributed by atoms with Crippen LogP contribution >= 0.6 is 0 Å². The van der Waals surface area contributed by atoms with Crippen molar-refractivity contribution in [2.75, 3.05) is 32.7 Å². The first-order valence-electron chi connectivity index (χ1n) is 9.91. The quantitative estimate of drug-likeness (QED) is 0.798. The molecule has 1 aliphatic heterocycles. The SMILES string of the molecule is CC(C)C(C)NC(=O)CN1CCN(S(=O)(=O)c2ccc3c(c2)CCC3)CC1. The Hall–Kier alpha value is -1.44. The van der Waals surface area contributed by atoms with Gasteiger partial charge in [-0.1, -0.05) is 19.9 Å². The van der Waals surface area contributed by atoms with E-state index in [4.69, 9.17) is 0 Å². The molecule has 1 heterocycles. The predicted octanol–water partition coefficient (Wildman–Crippen LogP) is 1.64. The zero-order chi connectivity index (χ0) is 19.6. The van der Waals surface area contributed by atoms with Gasteiger partial charge in [0.05, 0.1) is 11.4 Å². The largest absolute Gasteiger partial charge is 0.352 e. The Morgan fingerprint density at radius 3 is 2.41 bits per heavy atom. The third kappa shape index (κ3) is 4.70. The Kier molecular flexibility index (Phi) is 6.23. The molecule has 150 valence electrons. The smallest absolute Gasteiger partial charge is 0.243 e. The van der Waals surface area contributed by atoms with Crippen molar-refractivity contribution in [1.82, 2.24) is 14.5 Å². The topological polar surface area (TPSA) is 69.7 Å². The minimum Gasteiger partial charge on any atom is -0.352 e. The van der Waals surface area contributed by atoms with E-state index in [2.05, 4.69) is 19.2 Å². The number of nitrogens with zero attached hydrogens (tertiary/aromatic N) is 2. The van der Waals surface area contributed by atoms with Crippen LogP contribution in [-0.2, 0) is 27.7 Å². The molecule has 0 aromatic heterocycles. The van der Waals surface area contributed by atoms with Crippen LogP contribution in [0.4, 0.5) is 0 Å². The fourth-order valence-corrected chi connectivity index (χ4v) is 5.13. The number of amides is 1. The van der Waals surface area contributed by atoms with E-state index in [1.54, 1.807) is 10.4 Å². The Morgan fingerprint density at radius 2 is 1.74 bits per heavy atom. The molecular weight excluding hydrogens is 362 g/mol. The highest BCUT2D eigenvalue weighted by molar-refractivity contribution is 7.89. The summed E-state index contributed by atoms with van der Waals surface area (Å²) in [6, 6.07) is 5.70. The molecule has 1 saturated heterocycles. The van der Waals surface area contributed by atoms with Gasteiger partial charge in [0.2, 0.25) is 15.9 Å². The van der Waals surface area contributed by atoms with E-state index in [9.17, 15) is 13.2 Å². The maximum Gasteiger partial charge on any atom is 0.243 e. The molecule has 1 atom stereocenters. The number of fused-ring (bicyclic) bond motifs is 1. The first kappa shape index (κ1) is 20.3. The summed E-state index contributed by atoms with van der Waals surface area (Å²) in [6.45, 7) is 8.48. The summed E-state index contributed by atoms with van der Waals surface area (Å²) in [4.78, 5) is 14.6. The summed E-state index contributed by atoms with van der Waals surface area (Å²) in [6.07, 6.45) is 3.12. The van der Waals surface area contributed by atoms with E-state index in [1.165, 1.54) is 11.1 Å². The summed E-state index contributed by atoms with van der Waals surface area (Å²) in [5.74, 6) is 0.398. The summed E-state index contributed by atoms with van der Waals surface area (Å²) in [5, 5.41) is 3.01. The zero-order valence-corrected chi connectivity index (χ0v) is 17.4. The lowest BCUT2D eigenvalue weighted by atomic mass is 10.1. The first-order chi connectivity index (χ1) is 12.8. The molecule has 0 radical (unpaired) electrons. The number of hydrogen-bond acceptors (Lipinski definition) is 4. The lowest BCUT2D eigenvalue weighted by molar-refractivity contribution is -0.123. The molecule has 2 aliphatic rings. The van der Waals surface area contributed by atoms with Crippen molar-refractivity contribution in [3.63, 3.8) is 0 Å². The number of sulfonamides is 1. The highest BCUT2D eigenvalue weighted by Crippen LogP contribution is 2.26. The number of nitrogens with one attached hydrogen (secondary N) is 1. The van der Waals surface area contributed by atoms with Gasteiger partial charge in [-0.05, 0) is 55.4 Å². The van der Waals surface area contributed by atoms with E-state index in [1.807, 2.05) is 24.0 Å². The number of benzene rings is 1. The standard InChI is InChI=1S/C20H31N3O3S/c1-15(2)16(3)21-20(24)14-22-9-11-23(12-10-22)27(25,26)19-8-7-17-5-4-6-18(17)13-19/h7-8,13,15-16H,4-6,9-12,14H2,1-3H3,(H,21,24). The van der Waals surface area contributed by atoms with E-state index < -0.39 is 10.0 Å². The molecule has 1 aromatic rings. The van der Waals surface area contributed by atoms with Gasteiger partial charge in [-0.25, -0.2) is 8.42 Å². The van der Waals surface area contributed by atoms with E-state index in [-0.39, 0.29) is 11.9 Å². The van der Waals surface area contributed by atoms with Gasteiger partial charge >= 0.3 is 0 Å². The molecule has 1 fully saturated rings. The maximum atomic E-state index is 13.0. The van der Waals surface area contributed by atoms with Crippen LogP contribution in [0.3, 0.4) is 0 Å². The van der Waals surface area contributed by atoms with E-state index >= 15 is 0 Å². The van der Waals surface area contributed by atoms with E-state index in [0.29, 0.717) is 43.5 Å². The fraction of sp³-hybridized carbons (Fsp3) is 0.650. The van der Waals surface area contributed by atoms with Crippen molar-refractivity contribution >= 4 is 15.9 Å². The van der Waals surface area contributed by atoms with Crippen LogP contribution in [0.15, 0.2) is 23.1 Å². The molecule has 1 N–H and O–H groups in total. The van der Waals surface area contributed by atoms with Crippen molar-refractivity contribution in [2.24, 2.45) is 5.92 Å². The molecule has 3 rings (SSSR count). The lowest BCUT2D eigenvalue weighted by Gasteiger charge is -2.34. The van der Waals surface area contributed by atoms with Crippen molar-refractivity contribution in [2.45, 2.75) is 51.0 Å². The van der Waals surface area contributed by atoms with Crippen LogP contribution < -0.4 is 5.32 Å². The monoisotopic (exact) mass is 393 g/mol. The normalized spacial score (nSPS) is 19.9. The third-order valence-corrected chi connectivity index (χ3v) is 7.69. The third-order valence-electron chi connectivity index (χ3n) is 5.79. The first-order valence-corrected chi connectivity index (χ1v) is 11.3. The average molecular weight is 394 g/mol. The van der Waals surface area contributed by atoms with Gasteiger partial charge in [-0.3, -0.25) is 9.69 Å². The molecule has 1 amide bonds. The zero-order valence-electron chi connectivity index (χ0n) is 16.6. The van der Waals surface area contributed by atoms with Crippen LogP contribution in [-0.4, -0.2) is 62.3 Å². The van der Waals surface area contributed by atoms with Gasteiger partial charge in [-0.2, -0.15) is 4.31 Å². The Bertz CT molecular complexity index is 784. The van der Waals surface area contributed by atoms with Gasteiger partial charge in [-0.15, -0.1) is 0 Å². The minimum atomic E-state index is -3.46. The lowest BCUT2D eigenvalue weighted by Crippen LogP contribution is -2.51. The molecule has 1 aromatic carbocycles. The van der Waals surface area contributed by atoms with E-state index in [0.717, 1.165) is 19.3 Å². The second-order valence-electron chi connectivity index (χ2n) is 8.06. The Balaban J connectivity index is 1.56. The number of carbonyl (C=O) groups is 1. The molecule has 1 aliphatic carbocycles. The molecule has 6 nitrogen and oxygen atoms in total. The molecule has 0 bridgehead atoms. The number of rotatable bonds is 6. The fourth-order valence-electron chi connectivity index (χ4n) is 3.66. The second kappa shape index (κ2) is 8.29. The summed E-state index contributed by atoms with van der Waals surface area (Å²) < 4.78 is 27.5. The minimum absolute atomic E-state index is 0.00568. The van der Waals surface area contributed by atoms with Crippen molar-refractivity contribution in [3.8, 4) is 0 Å².